The fourth-order valence-electron chi connectivity index (χ4n) is 5.68. The Hall–Kier alpha value is -4.16. The number of aromatic nitrogens is 5. The largest absolute Gasteiger partial charge is 0.421 e. The topological polar surface area (TPSA) is 99.7 Å². The van der Waals surface area contributed by atoms with Gasteiger partial charge in [-0.05, 0) is 65.9 Å². The van der Waals surface area contributed by atoms with E-state index in [9.17, 15) is 0 Å². The average molecular weight is 569 g/mol. The van der Waals surface area contributed by atoms with Crippen molar-refractivity contribution in [2.45, 2.75) is 72.0 Å². The van der Waals surface area contributed by atoms with Gasteiger partial charge in [-0.25, -0.2) is 29.3 Å². The molecule has 1 aromatic carbocycles. The Morgan fingerprint density at radius 1 is 0.902 bits per heavy atom. The molecule has 212 valence electrons. The van der Waals surface area contributed by atoms with Crippen LogP contribution in [0.1, 0.15) is 58.5 Å². The van der Waals surface area contributed by atoms with E-state index >= 15 is 4.39 Å². The molecule has 0 fully saturated rings. The fraction of sp³-hybridized carbons (Fsp3) is 0.344. The van der Waals surface area contributed by atoms with Gasteiger partial charge in [0.25, 0.3) is 0 Å². The highest BCUT2D eigenvalue weighted by Gasteiger charge is 2.41. The van der Waals surface area contributed by atoms with Gasteiger partial charge < -0.3 is 10.5 Å². The van der Waals surface area contributed by atoms with E-state index in [2.05, 4.69) is 77.9 Å². The lowest BCUT2D eigenvalue weighted by Gasteiger charge is -2.38. The van der Waals surface area contributed by atoms with E-state index in [4.69, 9.17) is 10.5 Å². The molecule has 0 saturated heterocycles. The van der Waals surface area contributed by atoms with E-state index in [-0.39, 0.29) is 17.6 Å². The summed E-state index contributed by atoms with van der Waals surface area (Å²) in [5, 5.41) is 0. The Labute approximate surface area is 242 Å². The quantitative estimate of drug-likeness (QED) is 0.180. The highest BCUT2D eigenvalue weighted by atomic mass is 28.3. The molecule has 9 heteroatoms. The Morgan fingerprint density at radius 3 is 2.22 bits per heavy atom. The van der Waals surface area contributed by atoms with E-state index in [1.165, 1.54) is 18.5 Å². The summed E-state index contributed by atoms with van der Waals surface area (Å²) < 4.78 is 20.8. The van der Waals surface area contributed by atoms with Gasteiger partial charge in [-0.1, -0.05) is 53.5 Å². The molecular formula is C32H37FN6OSi. The molecule has 2 N–H and O–H groups in total. The number of pyridine rings is 1. The Balaban J connectivity index is 1.72. The minimum absolute atomic E-state index is 0.000847. The van der Waals surface area contributed by atoms with E-state index in [0.29, 0.717) is 39.1 Å². The van der Waals surface area contributed by atoms with Gasteiger partial charge in [0.15, 0.2) is 11.6 Å². The van der Waals surface area contributed by atoms with Crippen molar-refractivity contribution < 1.29 is 9.13 Å². The van der Waals surface area contributed by atoms with Gasteiger partial charge in [-0.15, -0.1) is 5.54 Å². The lowest BCUT2D eigenvalue weighted by atomic mass is 9.97. The first kappa shape index (κ1) is 29.8. The third kappa shape index (κ3) is 6.13. The third-order valence-corrected chi connectivity index (χ3v) is 14.0. The van der Waals surface area contributed by atoms with Crippen LogP contribution in [0.25, 0.3) is 22.4 Å². The highest BCUT2D eigenvalue weighted by Crippen LogP contribution is 2.41. The van der Waals surface area contributed by atoms with E-state index in [1.807, 2.05) is 19.9 Å². The zero-order valence-corrected chi connectivity index (χ0v) is 26.0. The summed E-state index contributed by atoms with van der Waals surface area (Å²) in [6, 6.07) is 8.36. The highest BCUT2D eigenvalue weighted by molar-refractivity contribution is 6.90. The number of aryl methyl sites for hydroxylation is 2. The smallest absolute Gasteiger partial charge is 0.322 e. The summed E-state index contributed by atoms with van der Waals surface area (Å²) in [5.41, 5.74) is 16.4. The molecule has 3 aromatic heterocycles. The van der Waals surface area contributed by atoms with E-state index in [0.717, 1.165) is 16.8 Å². The SMILES string of the molecule is Cc1ccnc(Oc2ccc(-c3c(N)ncnc3-c3cnc(C#C[Si](C(C)C)(C(C)C)C(C)C)cc3C)cc2F)n1. The molecule has 7 nitrogen and oxygen atoms in total. The molecular weight excluding hydrogens is 531 g/mol. The number of hydrogen-bond acceptors (Lipinski definition) is 7. The zero-order chi connectivity index (χ0) is 29.9. The molecule has 0 atom stereocenters. The van der Waals surface area contributed by atoms with Crippen LogP contribution in [0.2, 0.25) is 16.6 Å². The number of benzene rings is 1. The van der Waals surface area contributed by atoms with Crippen LogP contribution in [0.4, 0.5) is 10.2 Å². The van der Waals surface area contributed by atoms with Gasteiger partial charge >= 0.3 is 6.01 Å². The maximum atomic E-state index is 15.2. The number of halogens is 1. The van der Waals surface area contributed by atoms with Crippen molar-refractivity contribution >= 4 is 13.9 Å². The van der Waals surface area contributed by atoms with Gasteiger partial charge in [0.05, 0.1) is 11.3 Å². The van der Waals surface area contributed by atoms with Gasteiger partial charge in [0, 0.05) is 23.7 Å². The summed E-state index contributed by atoms with van der Waals surface area (Å²) in [6.45, 7) is 17.6. The maximum absolute atomic E-state index is 15.2. The van der Waals surface area contributed by atoms with Gasteiger partial charge in [-0.2, -0.15) is 0 Å². The molecule has 3 heterocycles. The summed E-state index contributed by atoms with van der Waals surface area (Å²) in [6.07, 6.45) is 4.72. The number of hydrogen-bond donors (Lipinski definition) is 1. The number of ether oxygens (including phenoxy) is 1. The number of nitrogen functional groups attached to an aromatic ring is 1. The van der Waals surface area contributed by atoms with Crippen LogP contribution in [-0.2, 0) is 0 Å². The van der Waals surface area contributed by atoms with Crippen LogP contribution in [0.5, 0.6) is 11.8 Å². The predicted molar refractivity (Wildman–Crippen MR) is 165 cm³/mol. The van der Waals surface area contributed by atoms with Crippen molar-refractivity contribution in [3.8, 4) is 45.6 Å². The van der Waals surface area contributed by atoms with Crippen molar-refractivity contribution in [1.82, 2.24) is 24.9 Å². The first-order valence-electron chi connectivity index (χ1n) is 13.8. The molecule has 0 unspecified atom stereocenters. The van der Waals surface area contributed by atoms with Crippen molar-refractivity contribution in [2.24, 2.45) is 0 Å². The average Bonchev–Trinajstić information content (AvgIpc) is 2.90. The van der Waals surface area contributed by atoms with Crippen LogP contribution >= 0.6 is 0 Å². The minimum atomic E-state index is -1.90. The molecule has 0 aliphatic carbocycles. The standard InChI is InChI=1S/C32H37FN6OSi/c1-19(2)41(20(3)4,21(5)6)14-12-25-15-22(7)26(17-36-25)30-29(31(34)38-18-37-30)24-9-10-28(27(33)16-24)40-32-35-13-11-23(8)39-32/h9-11,13,15-21H,1-8H3,(H2,34,37,38). The van der Waals surface area contributed by atoms with Crippen molar-refractivity contribution in [1.29, 1.82) is 0 Å². The summed E-state index contributed by atoms with van der Waals surface area (Å²) >= 11 is 0. The second kappa shape index (κ2) is 12.1. The number of rotatable bonds is 7. The van der Waals surface area contributed by atoms with Crippen LogP contribution in [0.3, 0.4) is 0 Å². The Morgan fingerprint density at radius 2 is 1.61 bits per heavy atom. The van der Waals surface area contributed by atoms with Crippen LogP contribution in [0, 0.1) is 31.1 Å². The molecule has 4 rings (SSSR count). The minimum Gasteiger partial charge on any atom is -0.421 e. The zero-order valence-electron chi connectivity index (χ0n) is 25.0. The van der Waals surface area contributed by atoms with Gasteiger partial charge in [-0.3, -0.25) is 0 Å². The fourth-order valence-corrected chi connectivity index (χ4v) is 10.9. The van der Waals surface area contributed by atoms with Crippen molar-refractivity contribution in [2.75, 3.05) is 5.73 Å². The van der Waals surface area contributed by atoms with Gasteiger partial charge in [0.1, 0.15) is 25.9 Å². The van der Waals surface area contributed by atoms with E-state index < -0.39 is 13.9 Å². The van der Waals surface area contributed by atoms with Gasteiger partial charge in [0.2, 0.25) is 0 Å². The molecule has 0 saturated carbocycles. The Kier molecular flexibility index (Phi) is 8.83. The monoisotopic (exact) mass is 568 g/mol. The number of nitrogens with zero attached hydrogens (tertiary/aromatic N) is 5. The van der Waals surface area contributed by atoms with Crippen molar-refractivity contribution in [3.05, 3.63) is 71.8 Å². The summed E-state index contributed by atoms with van der Waals surface area (Å²) in [4.78, 5) is 21.6. The lowest BCUT2D eigenvalue weighted by molar-refractivity contribution is 0.410. The van der Waals surface area contributed by atoms with Crippen LogP contribution in [0.15, 0.2) is 49.1 Å². The van der Waals surface area contributed by atoms with Crippen LogP contribution in [-0.4, -0.2) is 33.0 Å². The predicted octanol–water partition coefficient (Wildman–Crippen LogP) is 7.70. The molecule has 0 amide bonds. The molecule has 0 aliphatic rings. The summed E-state index contributed by atoms with van der Waals surface area (Å²) in [5.74, 6) is 3.06. The van der Waals surface area contributed by atoms with E-state index in [1.54, 1.807) is 24.5 Å². The molecule has 0 aliphatic heterocycles. The normalized spacial score (nSPS) is 11.6. The second-order valence-corrected chi connectivity index (χ2v) is 16.8. The second-order valence-electron chi connectivity index (χ2n) is 11.2. The maximum Gasteiger partial charge on any atom is 0.322 e. The lowest BCUT2D eigenvalue weighted by Crippen LogP contribution is -2.43. The molecule has 0 radical (unpaired) electrons. The molecule has 41 heavy (non-hydrogen) atoms. The number of nitrogens with two attached hydrogens (primary N) is 1. The summed E-state index contributed by atoms with van der Waals surface area (Å²) in [7, 11) is -1.90. The third-order valence-electron chi connectivity index (χ3n) is 7.71. The number of anilines is 1. The molecule has 4 aromatic rings. The van der Waals surface area contributed by atoms with Crippen molar-refractivity contribution in [3.63, 3.8) is 0 Å². The molecule has 0 bridgehead atoms. The first-order valence-corrected chi connectivity index (χ1v) is 16.0. The van der Waals surface area contributed by atoms with Crippen LogP contribution < -0.4 is 10.5 Å². The molecule has 0 spiro atoms. The Bertz CT molecular complexity index is 1600. The first-order chi connectivity index (χ1) is 19.4.